The van der Waals surface area contributed by atoms with Gasteiger partial charge in [0.25, 0.3) is 0 Å². The first kappa shape index (κ1) is 17.2. The number of rotatable bonds is 6. The molecule has 3 rings (SSSR count). The van der Waals surface area contributed by atoms with E-state index in [9.17, 15) is 4.79 Å². The molecule has 7 nitrogen and oxygen atoms in total. The van der Waals surface area contributed by atoms with Gasteiger partial charge in [-0.1, -0.05) is 6.07 Å². The molecule has 0 fully saturated rings. The molecule has 7 heteroatoms. The van der Waals surface area contributed by atoms with Crippen molar-refractivity contribution in [3.8, 4) is 0 Å². The lowest BCUT2D eigenvalue weighted by atomic mass is 10.2. The number of aromatic nitrogens is 2. The maximum Gasteiger partial charge on any atom is 0.335 e. The highest BCUT2D eigenvalue weighted by molar-refractivity contribution is 5.89. The van der Waals surface area contributed by atoms with Crippen LogP contribution in [0.4, 0.5) is 28.7 Å². The molecule has 0 bridgehead atoms. The minimum absolute atomic E-state index is 0.211. The van der Waals surface area contributed by atoms with Crippen molar-refractivity contribution in [2.45, 2.75) is 0 Å². The van der Waals surface area contributed by atoms with Crippen LogP contribution in [-0.4, -0.2) is 35.1 Å². The molecule has 0 saturated heterocycles. The fourth-order valence-electron chi connectivity index (χ4n) is 2.36. The summed E-state index contributed by atoms with van der Waals surface area (Å²) in [6.07, 6.45) is 1.44. The third-order valence-corrected chi connectivity index (χ3v) is 3.71. The molecule has 0 aliphatic carbocycles. The van der Waals surface area contributed by atoms with E-state index in [1.54, 1.807) is 24.3 Å². The van der Waals surface area contributed by atoms with Crippen molar-refractivity contribution in [3.63, 3.8) is 0 Å². The number of hydrogen-bond donors (Lipinski definition) is 3. The molecule has 0 unspecified atom stereocenters. The predicted molar refractivity (Wildman–Crippen MR) is 103 cm³/mol. The van der Waals surface area contributed by atoms with E-state index < -0.39 is 5.97 Å². The van der Waals surface area contributed by atoms with E-state index in [0.717, 1.165) is 11.4 Å². The van der Waals surface area contributed by atoms with Gasteiger partial charge in [0.1, 0.15) is 18.0 Å². The third kappa shape index (κ3) is 4.27. The van der Waals surface area contributed by atoms with E-state index >= 15 is 0 Å². The summed E-state index contributed by atoms with van der Waals surface area (Å²) >= 11 is 0. The van der Waals surface area contributed by atoms with Crippen molar-refractivity contribution >= 4 is 34.7 Å². The van der Waals surface area contributed by atoms with Crippen LogP contribution in [0.25, 0.3) is 0 Å². The Bertz CT molecular complexity index is 910. The standard InChI is InChI=1S/C19H19N5O2/c1-24(2)16-8-6-14(7-9-16)22-17-11-18(21-12-20-17)23-15-5-3-4-13(10-15)19(25)26/h3-12H,1-2H3,(H,25,26)(H2,20,21,22,23). The van der Waals surface area contributed by atoms with Gasteiger partial charge in [0.15, 0.2) is 0 Å². The average molecular weight is 349 g/mol. The summed E-state index contributed by atoms with van der Waals surface area (Å²) in [4.78, 5) is 21.5. The van der Waals surface area contributed by atoms with Gasteiger partial charge in [-0.05, 0) is 42.5 Å². The number of carboxylic acids is 1. The van der Waals surface area contributed by atoms with Crippen LogP contribution in [0.5, 0.6) is 0 Å². The normalized spacial score (nSPS) is 10.2. The second-order valence-corrected chi connectivity index (χ2v) is 5.87. The Balaban J connectivity index is 1.74. The maximum absolute atomic E-state index is 11.1. The van der Waals surface area contributed by atoms with Crippen molar-refractivity contribution in [2.24, 2.45) is 0 Å². The van der Waals surface area contributed by atoms with Crippen molar-refractivity contribution in [3.05, 3.63) is 66.5 Å². The molecule has 0 radical (unpaired) electrons. The molecule has 0 amide bonds. The molecule has 0 aliphatic heterocycles. The van der Waals surface area contributed by atoms with Crippen molar-refractivity contribution in [2.75, 3.05) is 29.6 Å². The lowest BCUT2D eigenvalue weighted by Gasteiger charge is -2.13. The fraction of sp³-hybridized carbons (Fsp3) is 0.105. The molecule has 1 heterocycles. The highest BCUT2D eigenvalue weighted by atomic mass is 16.4. The Morgan fingerprint density at radius 2 is 1.58 bits per heavy atom. The maximum atomic E-state index is 11.1. The van der Waals surface area contributed by atoms with Crippen LogP contribution in [0.1, 0.15) is 10.4 Å². The molecular formula is C19H19N5O2. The average Bonchev–Trinajstić information content (AvgIpc) is 2.62. The largest absolute Gasteiger partial charge is 0.478 e. The van der Waals surface area contributed by atoms with Gasteiger partial charge in [0.2, 0.25) is 0 Å². The Hall–Kier alpha value is -3.61. The Kier molecular flexibility index (Phi) is 4.98. The van der Waals surface area contributed by atoms with Crippen LogP contribution in [0.2, 0.25) is 0 Å². The minimum atomic E-state index is -0.972. The number of aromatic carboxylic acids is 1. The van der Waals surface area contributed by atoms with Crippen LogP contribution < -0.4 is 15.5 Å². The van der Waals surface area contributed by atoms with Gasteiger partial charge in [0.05, 0.1) is 5.56 Å². The molecule has 3 aromatic rings. The van der Waals surface area contributed by atoms with E-state index in [1.807, 2.05) is 43.3 Å². The van der Waals surface area contributed by atoms with Crippen molar-refractivity contribution in [1.29, 1.82) is 0 Å². The summed E-state index contributed by atoms with van der Waals surface area (Å²) in [6, 6.07) is 16.3. The number of benzene rings is 2. The first-order chi connectivity index (χ1) is 12.5. The molecule has 0 spiro atoms. The van der Waals surface area contributed by atoms with Crippen LogP contribution in [0, 0.1) is 0 Å². The number of nitrogens with one attached hydrogen (secondary N) is 2. The lowest BCUT2D eigenvalue weighted by molar-refractivity contribution is 0.0697. The predicted octanol–water partition coefficient (Wildman–Crippen LogP) is 3.73. The van der Waals surface area contributed by atoms with Gasteiger partial charge >= 0.3 is 5.97 Å². The van der Waals surface area contributed by atoms with Crippen molar-refractivity contribution in [1.82, 2.24) is 9.97 Å². The van der Waals surface area contributed by atoms with Crippen LogP contribution in [0.3, 0.4) is 0 Å². The number of carbonyl (C=O) groups is 1. The number of carboxylic acid groups (broad SMARTS) is 1. The molecule has 2 aromatic carbocycles. The lowest BCUT2D eigenvalue weighted by Crippen LogP contribution is -2.08. The molecule has 3 N–H and O–H groups in total. The van der Waals surface area contributed by atoms with Crippen LogP contribution in [0.15, 0.2) is 60.9 Å². The topological polar surface area (TPSA) is 90.4 Å². The quantitative estimate of drug-likeness (QED) is 0.624. The van der Waals surface area contributed by atoms with Crippen LogP contribution >= 0.6 is 0 Å². The Morgan fingerprint density at radius 1 is 0.923 bits per heavy atom. The molecule has 132 valence electrons. The monoisotopic (exact) mass is 349 g/mol. The van der Waals surface area contributed by atoms with Gasteiger partial charge in [-0.15, -0.1) is 0 Å². The summed E-state index contributed by atoms with van der Waals surface area (Å²) in [6.45, 7) is 0. The van der Waals surface area contributed by atoms with Crippen LogP contribution in [-0.2, 0) is 0 Å². The van der Waals surface area contributed by atoms with E-state index in [-0.39, 0.29) is 5.56 Å². The summed E-state index contributed by atoms with van der Waals surface area (Å²) in [5.74, 6) is 0.226. The first-order valence-corrected chi connectivity index (χ1v) is 7.98. The zero-order valence-electron chi connectivity index (χ0n) is 14.5. The number of hydrogen-bond acceptors (Lipinski definition) is 6. The molecule has 0 atom stereocenters. The van der Waals surface area contributed by atoms with Crippen molar-refractivity contribution < 1.29 is 9.90 Å². The molecule has 1 aromatic heterocycles. The Morgan fingerprint density at radius 3 is 2.19 bits per heavy atom. The summed E-state index contributed by atoms with van der Waals surface area (Å²) in [5, 5.41) is 15.4. The van der Waals surface area contributed by atoms with E-state index in [4.69, 9.17) is 5.11 Å². The molecule has 0 saturated carbocycles. The van der Waals surface area contributed by atoms with E-state index in [2.05, 4.69) is 20.6 Å². The molecule has 0 aliphatic rings. The summed E-state index contributed by atoms with van der Waals surface area (Å²) in [7, 11) is 3.98. The number of nitrogens with zero attached hydrogens (tertiary/aromatic N) is 3. The van der Waals surface area contributed by atoms with E-state index in [0.29, 0.717) is 17.3 Å². The SMILES string of the molecule is CN(C)c1ccc(Nc2cc(Nc3cccc(C(=O)O)c3)ncn2)cc1. The highest BCUT2D eigenvalue weighted by Crippen LogP contribution is 2.21. The zero-order valence-corrected chi connectivity index (χ0v) is 14.5. The third-order valence-electron chi connectivity index (χ3n) is 3.71. The van der Waals surface area contributed by atoms with Gasteiger partial charge in [0, 0.05) is 37.2 Å². The zero-order chi connectivity index (χ0) is 18.5. The minimum Gasteiger partial charge on any atom is -0.478 e. The molecule has 26 heavy (non-hydrogen) atoms. The summed E-state index contributed by atoms with van der Waals surface area (Å²) in [5.41, 5.74) is 2.88. The second-order valence-electron chi connectivity index (χ2n) is 5.87. The fourth-order valence-corrected chi connectivity index (χ4v) is 2.36. The van der Waals surface area contributed by atoms with Gasteiger partial charge in [-0.2, -0.15) is 0 Å². The van der Waals surface area contributed by atoms with Gasteiger partial charge in [-0.25, -0.2) is 14.8 Å². The number of anilines is 5. The second kappa shape index (κ2) is 7.52. The van der Waals surface area contributed by atoms with E-state index in [1.165, 1.54) is 12.4 Å². The Labute approximate surface area is 151 Å². The smallest absolute Gasteiger partial charge is 0.335 e. The van der Waals surface area contributed by atoms with Gasteiger partial charge in [-0.3, -0.25) is 0 Å². The first-order valence-electron chi connectivity index (χ1n) is 7.98. The molecular weight excluding hydrogens is 330 g/mol. The summed E-state index contributed by atoms with van der Waals surface area (Å²) < 4.78 is 0. The van der Waals surface area contributed by atoms with Gasteiger partial charge < -0.3 is 20.6 Å². The highest BCUT2D eigenvalue weighted by Gasteiger charge is 2.05.